The van der Waals surface area contributed by atoms with E-state index < -0.39 is 0 Å². The summed E-state index contributed by atoms with van der Waals surface area (Å²) in [7, 11) is 0. The molecule has 3 heterocycles. The zero-order valence-electron chi connectivity index (χ0n) is 15.9. The van der Waals surface area contributed by atoms with Crippen LogP contribution in [0.15, 0.2) is 36.5 Å². The Kier molecular flexibility index (Phi) is 4.44. The lowest BCUT2D eigenvalue weighted by Crippen LogP contribution is -2.43. The molecule has 0 unspecified atom stereocenters. The second kappa shape index (κ2) is 7.08. The molecule has 5 rings (SSSR count). The summed E-state index contributed by atoms with van der Waals surface area (Å²) >= 11 is 0. The van der Waals surface area contributed by atoms with Crippen LogP contribution in [0.3, 0.4) is 0 Å². The molecular weight excluding hydrogens is 334 g/mol. The number of nitrogens with zero attached hydrogens (tertiary/aromatic N) is 3. The fourth-order valence-corrected chi connectivity index (χ4v) is 4.50. The SMILES string of the molecule is O=C1CCN1c1ccc(Cc2ccc3c(c2)CCN(C2CCC2)CC3)nc1. The minimum absolute atomic E-state index is 0.200. The number of rotatable bonds is 4. The molecule has 1 aromatic carbocycles. The maximum Gasteiger partial charge on any atom is 0.228 e. The molecule has 0 atom stereocenters. The first-order valence-electron chi connectivity index (χ1n) is 10.4. The third-order valence-corrected chi connectivity index (χ3v) is 6.55. The number of anilines is 1. The molecule has 1 saturated heterocycles. The average Bonchev–Trinajstić information content (AvgIpc) is 2.83. The van der Waals surface area contributed by atoms with Crippen LogP contribution in [0.2, 0.25) is 0 Å². The first kappa shape index (κ1) is 16.9. The van der Waals surface area contributed by atoms with Gasteiger partial charge >= 0.3 is 0 Å². The lowest BCUT2D eigenvalue weighted by atomic mass is 9.91. The Morgan fingerprint density at radius 1 is 0.963 bits per heavy atom. The van der Waals surface area contributed by atoms with Gasteiger partial charge in [-0.15, -0.1) is 0 Å². The van der Waals surface area contributed by atoms with Crippen LogP contribution in [-0.2, 0) is 24.1 Å². The van der Waals surface area contributed by atoms with Gasteiger partial charge in [0.15, 0.2) is 0 Å². The quantitative estimate of drug-likeness (QED) is 0.784. The highest BCUT2D eigenvalue weighted by atomic mass is 16.2. The summed E-state index contributed by atoms with van der Waals surface area (Å²) in [4.78, 5) is 20.7. The summed E-state index contributed by atoms with van der Waals surface area (Å²) in [5, 5.41) is 0. The predicted molar refractivity (Wildman–Crippen MR) is 107 cm³/mol. The van der Waals surface area contributed by atoms with E-state index in [1.807, 2.05) is 12.3 Å². The summed E-state index contributed by atoms with van der Waals surface area (Å²) < 4.78 is 0. The van der Waals surface area contributed by atoms with Crippen molar-refractivity contribution in [2.45, 2.75) is 51.0 Å². The van der Waals surface area contributed by atoms with E-state index in [9.17, 15) is 4.79 Å². The van der Waals surface area contributed by atoms with Gasteiger partial charge in [0.25, 0.3) is 0 Å². The van der Waals surface area contributed by atoms with Crippen LogP contribution in [0.1, 0.15) is 48.1 Å². The summed E-state index contributed by atoms with van der Waals surface area (Å²) in [6.07, 6.45) is 9.91. The van der Waals surface area contributed by atoms with Gasteiger partial charge in [0, 0.05) is 44.2 Å². The van der Waals surface area contributed by atoms with Crippen LogP contribution >= 0.6 is 0 Å². The van der Waals surface area contributed by atoms with E-state index in [0.717, 1.165) is 30.4 Å². The van der Waals surface area contributed by atoms with Crippen LogP contribution < -0.4 is 4.90 Å². The normalized spacial score (nSPS) is 20.6. The monoisotopic (exact) mass is 361 g/mol. The molecule has 140 valence electrons. The van der Waals surface area contributed by atoms with E-state index in [0.29, 0.717) is 6.42 Å². The number of carbonyl (C=O) groups is 1. The Hall–Kier alpha value is -2.20. The number of hydrogen-bond acceptors (Lipinski definition) is 3. The van der Waals surface area contributed by atoms with Crippen LogP contribution in [0.4, 0.5) is 5.69 Å². The predicted octanol–water partition coefficient (Wildman–Crippen LogP) is 3.36. The molecule has 2 fully saturated rings. The zero-order chi connectivity index (χ0) is 18.2. The molecule has 0 radical (unpaired) electrons. The first-order chi connectivity index (χ1) is 13.3. The molecule has 3 aliphatic rings. The molecule has 4 heteroatoms. The van der Waals surface area contributed by atoms with Crippen molar-refractivity contribution in [1.29, 1.82) is 0 Å². The third-order valence-electron chi connectivity index (χ3n) is 6.55. The van der Waals surface area contributed by atoms with Crippen LogP contribution in [0.25, 0.3) is 0 Å². The molecule has 4 nitrogen and oxygen atoms in total. The Bertz CT molecular complexity index is 841. The number of hydrogen-bond donors (Lipinski definition) is 0. The van der Waals surface area contributed by atoms with Crippen molar-refractivity contribution in [1.82, 2.24) is 9.88 Å². The van der Waals surface area contributed by atoms with E-state index in [1.165, 1.54) is 61.9 Å². The van der Waals surface area contributed by atoms with E-state index in [-0.39, 0.29) is 5.91 Å². The smallest absolute Gasteiger partial charge is 0.228 e. The minimum atomic E-state index is 0.200. The lowest BCUT2D eigenvalue weighted by molar-refractivity contribution is -0.122. The fourth-order valence-electron chi connectivity index (χ4n) is 4.50. The number of pyridine rings is 1. The number of aromatic nitrogens is 1. The Morgan fingerprint density at radius 3 is 2.44 bits per heavy atom. The maximum atomic E-state index is 11.6. The summed E-state index contributed by atoms with van der Waals surface area (Å²) in [6.45, 7) is 3.25. The molecule has 1 amide bonds. The molecule has 1 aromatic heterocycles. The van der Waals surface area contributed by atoms with Crippen molar-refractivity contribution in [3.05, 3.63) is 58.9 Å². The molecule has 1 aliphatic carbocycles. The van der Waals surface area contributed by atoms with Gasteiger partial charge in [0.05, 0.1) is 11.9 Å². The highest BCUT2D eigenvalue weighted by Crippen LogP contribution is 2.28. The molecule has 0 bridgehead atoms. The first-order valence-corrected chi connectivity index (χ1v) is 10.4. The Morgan fingerprint density at radius 2 is 1.81 bits per heavy atom. The van der Waals surface area contributed by atoms with E-state index in [4.69, 9.17) is 0 Å². The molecule has 2 aromatic rings. The van der Waals surface area contributed by atoms with Crippen LogP contribution in [-0.4, -0.2) is 41.5 Å². The second-order valence-corrected chi connectivity index (χ2v) is 8.20. The molecule has 0 spiro atoms. The van der Waals surface area contributed by atoms with Crippen molar-refractivity contribution < 1.29 is 4.79 Å². The number of carbonyl (C=O) groups excluding carboxylic acids is 1. The fraction of sp³-hybridized carbons (Fsp3) is 0.478. The number of amides is 1. The van der Waals surface area contributed by atoms with Crippen LogP contribution in [0.5, 0.6) is 0 Å². The molecule has 27 heavy (non-hydrogen) atoms. The topological polar surface area (TPSA) is 36.4 Å². The Labute approximate surface area is 161 Å². The second-order valence-electron chi connectivity index (χ2n) is 8.20. The molecule has 1 saturated carbocycles. The Balaban J connectivity index is 1.26. The zero-order valence-corrected chi connectivity index (χ0v) is 15.9. The highest BCUT2D eigenvalue weighted by molar-refractivity contribution is 5.99. The summed E-state index contributed by atoms with van der Waals surface area (Å²) in [5.74, 6) is 0.200. The average molecular weight is 361 g/mol. The van der Waals surface area contributed by atoms with Gasteiger partial charge in [0.1, 0.15) is 0 Å². The maximum absolute atomic E-state index is 11.6. The number of benzene rings is 1. The van der Waals surface area contributed by atoms with E-state index in [2.05, 4.69) is 34.1 Å². The van der Waals surface area contributed by atoms with Gasteiger partial charge < -0.3 is 4.90 Å². The third kappa shape index (κ3) is 3.39. The van der Waals surface area contributed by atoms with E-state index >= 15 is 0 Å². The molecular formula is C23H27N3O. The van der Waals surface area contributed by atoms with Gasteiger partial charge in [-0.3, -0.25) is 14.7 Å². The van der Waals surface area contributed by atoms with Gasteiger partial charge in [-0.05, 0) is 54.5 Å². The molecule has 2 aliphatic heterocycles. The van der Waals surface area contributed by atoms with Gasteiger partial charge in [-0.1, -0.05) is 24.6 Å². The standard InChI is InChI=1S/C23H27N3O/c27-23-10-13-26(23)22-7-6-20(24-16-22)15-17-4-5-18-8-11-25(21-2-1-3-21)12-9-19(18)14-17/h4-7,14,16,21H,1-3,8-13,15H2. The van der Waals surface area contributed by atoms with Crippen molar-refractivity contribution in [3.63, 3.8) is 0 Å². The van der Waals surface area contributed by atoms with Gasteiger partial charge in [-0.25, -0.2) is 0 Å². The van der Waals surface area contributed by atoms with E-state index in [1.54, 1.807) is 4.90 Å². The minimum Gasteiger partial charge on any atom is -0.310 e. The number of β-lactam (4-membered cyclic amide) rings is 1. The van der Waals surface area contributed by atoms with Gasteiger partial charge in [0.2, 0.25) is 5.91 Å². The summed E-state index contributed by atoms with van der Waals surface area (Å²) in [6, 6.07) is 11.9. The van der Waals surface area contributed by atoms with Crippen molar-refractivity contribution >= 4 is 11.6 Å². The largest absolute Gasteiger partial charge is 0.310 e. The van der Waals surface area contributed by atoms with Crippen molar-refractivity contribution in [2.24, 2.45) is 0 Å². The van der Waals surface area contributed by atoms with Crippen molar-refractivity contribution in [3.8, 4) is 0 Å². The molecule has 0 N–H and O–H groups in total. The number of fused-ring (bicyclic) bond motifs is 1. The van der Waals surface area contributed by atoms with Gasteiger partial charge in [-0.2, -0.15) is 0 Å². The van der Waals surface area contributed by atoms with Crippen LogP contribution in [0, 0.1) is 0 Å². The highest BCUT2D eigenvalue weighted by Gasteiger charge is 2.26. The summed E-state index contributed by atoms with van der Waals surface area (Å²) in [5.41, 5.74) is 6.38. The van der Waals surface area contributed by atoms with Crippen molar-refractivity contribution in [2.75, 3.05) is 24.5 Å². The lowest BCUT2D eigenvalue weighted by Gasteiger charge is -2.36.